The third-order valence-corrected chi connectivity index (χ3v) is 6.34. The Balaban J connectivity index is 1.73. The first-order chi connectivity index (χ1) is 13.3. The van der Waals surface area contributed by atoms with Gasteiger partial charge in [0.25, 0.3) is 11.8 Å². The van der Waals surface area contributed by atoms with E-state index in [4.69, 9.17) is 5.26 Å². The highest BCUT2D eigenvalue weighted by atomic mass is 32.2. The number of hydrogen-bond donors (Lipinski definition) is 1. The molecule has 9 heteroatoms. The standard InChI is InChI=1S/C19H18N4O4S/c1-23(16-7-9-28(26,27)12-16)19(25)14-6-8-21-17(10-14)18(24)22-15-4-2-13(11-20)3-5-15/h2-6,8,10,16H,7,9,12H2,1H3,(H,22,24). The SMILES string of the molecule is CN(C(=O)c1ccnc(C(=O)Nc2ccc(C#N)cc2)c1)C1CCS(=O)(=O)C1. The highest BCUT2D eigenvalue weighted by Crippen LogP contribution is 2.19. The summed E-state index contributed by atoms with van der Waals surface area (Å²) in [5.74, 6) is -0.835. The number of benzene rings is 1. The maximum Gasteiger partial charge on any atom is 0.274 e. The van der Waals surface area contributed by atoms with E-state index in [2.05, 4.69) is 10.3 Å². The topological polar surface area (TPSA) is 120 Å². The predicted molar refractivity (Wildman–Crippen MR) is 102 cm³/mol. The molecule has 2 heterocycles. The summed E-state index contributed by atoms with van der Waals surface area (Å²) in [6, 6.07) is 10.8. The van der Waals surface area contributed by atoms with E-state index >= 15 is 0 Å². The molecule has 28 heavy (non-hydrogen) atoms. The number of rotatable bonds is 4. The van der Waals surface area contributed by atoms with E-state index in [0.29, 0.717) is 17.7 Å². The minimum Gasteiger partial charge on any atom is -0.338 e. The molecule has 1 saturated heterocycles. The average Bonchev–Trinajstić information content (AvgIpc) is 3.07. The van der Waals surface area contributed by atoms with E-state index in [0.717, 1.165) is 0 Å². The first-order valence-corrected chi connectivity index (χ1v) is 10.4. The Kier molecular flexibility index (Phi) is 5.42. The highest BCUT2D eigenvalue weighted by Gasteiger charge is 2.33. The lowest BCUT2D eigenvalue weighted by Gasteiger charge is -2.23. The number of nitrogens with one attached hydrogen (secondary N) is 1. The zero-order valence-electron chi connectivity index (χ0n) is 15.1. The van der Waals surface area contributed by atoms with Crippen molar-refractivity contribution < 1.29 is 18.0 Å². The van der Waals surface area contributed by atoms with Gasteiger partial charge in [-0.1, -0.05) is 0 Å². The number of hydrogen-bond acceptors (Lipinski definition) is 6. The van der Waals surface area contributed by atoms with Crippen molar-refractivity contribution in [2.24, 2.45) is 0 Å². The number of aromatic nitrogens is 1. The van der Waals surface area contributed by atoms with Gasteiger partial charge in [-0.3, -0.25) is 14.6 Å². The molecule has 1 aromatic heterocycles. The molecule has 1 fully saturated rings. The van der Waals surface area contributed by atoms with Crippen LogP contribution in [-0.2, 0) is 9.84 Å². The molecular weight excluding hydrogens is 380 g/mol. The Morgan fingerprint density at radius 1 is 1.25 bits per heavy atom. The molecule has 2 aromatic rings. The molecule has 1 aliphatic rings. The van der Waals surface area contributed by atoms with E-state index in [9.17, 15) is 18.0 Å². The van der Waals surface area contributed by atoms with Gasteiger partial charge in [0.05, 0.1) is 23.1 Å². The van der Waals surface area contributed by atoms with Gasteiger partial charge in [-0.05, 0) is 42.8 Å². The van der Waals surface area contributed by atoms with E-state index in [-0.39, 0.29) is 34.7 Å². The third-order valence-electron chi connectivity index (χ3n) is 4.59. The smallest absolute Gasteiger partial charge is 0.274 e. The van der Waals surface area contributed by atoms with E-state index < -0.39 is 15.7 Å². The van der Waals surface area contributed by atoms with Gasteiger partial charge in [0.2, 0.25) is 0 Å². The van der Waals surface area contributed by atoms with Crippen LogP contribution in [0.1, 0.15) is 32.8 Å². The van der Waals surface area contributed by atoms with Crippen molar-refractivity contribution in [3.63, 3.8) is 0 Å². The molecule has 1 aliphatic heterocycles. The molecule has 1 N–H and O–H groups in total. The number of sulfone groups is 1. The van der Waals surface area contributed by atoms with Crippen LogP contribution in [0.25, 0.3) is 0 Å². The van der Waals surface area contributed by atoms with Crippen LogP contribution in [-0.4, -0.2) is 54.7 Å². The maximum atomic E-state index is 12.7. The zero-order valence-corrected chi connectivity index (χ0v) is 15.9. The summed E-state index contributed by atoms with van der Waals surface area (Å²) >= 11 is 0. The fourth-order valence-electron chi connectivity index (χ4n) is 2.96. The van der Waals surface area contributed by atoms with Crippen molar-refractivity contribution in [2.45, 2.75) is 12.5 Å². The maximum absolute atomic E-state index is 12.7. The van der Waals surface area contributed by atoms with Crippen LogP contribution >= 0.6 is 0 Å². The molecule has 0 radical (unpaired) electrons. The molecule has 1 aromatic carbocycles. The molecule has 2 amide bonds. The zero-order chi connectivity index (χ0) is 20.3. The normalized spacial score (nSPS) is 17.5. The largest absolute Gasteiger partial charge is 0.338 e. The third kappa shape index (κ3) is 4.35. The summed E-state index contributed by atoms with van der Waals surface area (Å²) in [5.41, 5.74) is 1.28. The van der Waals surface area contributed by atoms with Crippen LogP contribution in [0.5, 0.6) is 0 Å². The summed E-state index contributed by atoms with van der Waals surface area (Å²) in [6.45, 7) is 0. The first kappa shape index (κ1) is 19.5. The van der Waals surface area contributed by atoms with E-state index in [1.54, 1.807) is 31.3 Å². The van der Waals surface area contributed by atoms with Crippen LogP contribution in [0.15, 0.2) is 42.6 Å². The lowest BCUT2D eigenvalue weighted by atomic mass is 10.1. The van der Waals surface area contributed by atoms with Crippen LogP contribution in [0.3, 0.4) is 0 Å². The van der Waals surface area contributed by atoms with Crippen LogP contribution in [0.4, 0.5) is 5.69 Å². The molecular formula is C19H18N4O4S. The fraction of sp³-hybridized carbons (Fsp3) is 0.263. The number of carbonyl (C=O) groups is 2. The van der Waals surface area contributed by atoms with Gasteiger partial charge in [-0.25, -0.2) is 8.42 Å². The van der Waals surface area contributed by atoms with Crippen molar-refractivity contribution >= 4 is 27.3 Å². The average molecular weight is 398 g/mol. The number of nitriles is 1. The Hall–Kier alpha value is -3.25. The minimum atomic E-state index is -3.11. The number of pyridine rings is 1. The van der Waals surface area contributed by atoms with Gasteiger partial charge in [0, 0.05) is 30.5 Å². The Morgan fingerprint density at radius 3 is 2.57 bits per heavy atom. The van der Waals surface area contributed by atoms with Gasteiger partial charge in [0.1, 0.15) is 5.69 Å². The van der Waals surface area contributed by atoms with E-state index in [1.165, 1.54) is 23.2 Å². The first-order valence-electron chi connectivity index (χ1n) is 8.54. The van der Waals surface area contributed by atoms with E-state index in [1.807, 2.05) is 6.07 Å². The molecule has 1 atom stereocenters. The van der Waals surface area contributed by atoms with Crippen molar-refractivity contribution in [3.8, 4) is 6.07 Å². The molecule has 8 nitrogen and oxygen atoms in total. The van der Waals surface area contributed by atoms with Crippen molar-refractivity contribution in [1.82, 2.24) is 9.88 Å². The number of nitrogens with zero attached hydrogens (tertiary/aromatic N) is 3. The molecule has 0 aliphatic carbocycles. The van der Waals surface area contributed by atoms with Crippen LogP contribution < -0.4 is 5.32 Å². The summed E-state index contributed by atoms with van der Waals surface area (Å²) < 4.78 is 23.3. The number of carbonyl (C=O) groups excluding carboxylic acids is 2. The fourth-order valence-corrected chi connectivity index (χ4v) is 4.74. The molecule has 3 rings (SSSR count). The number of anilines is 1. The molecule has 0 spiro atoms. The number of amides is 2. The van der Waals surface area contributed by atoms with Gasteiger partial charge in [0.15, 0.2) is 9.84 Å². The second kappa shape index (κ2) is 7.78. The second-order valence-electron chi connectivity index (χ2n) is 6.55. The van der Waals surface area contributed by atoms with Gasteiger partial charge in [-0.2, -0.15) is 5.26 Å². The quantitative estimate of drug-likeness (QED) is 0.832. The minimum absolute atomic E-state index is 0.0492. The molecule has 1 unspecified atom stereocenters. The van der Waals surface area contributed by atoms with Gasteiger partial charge in [-0.15, -0.1) is 0 Å². The monoisotopic (exact) mass is 398 g/mol. The van der Waals surface area contributed by atoms with Crippen molar-refractivity contribution in [2.75, 3.05) is 23.9 Å². The predicted octanol–water partition coefficient (Wildman–Crippen LogP) is 1.46. The lowest BCUT2D eigenvalue weighted by molar-refractivity contribution is 0.0747. The van der Waals surface area contributed by atoms with Crippen molar-refractivity contribution in [1.29, 1.82) is 5.26 Å². The summed E-state index contributed by atoms with van der Waals surface area (Å²) in [7, 11) is -1.55. The van der Waals surface area contributed by atoms with Crippen LogP contribution in [0.2, 0.25) is 0 Å². The summed E-state index contributed by atoms with van der Waals surface area (Å²) in [6.07, 6.45) is 1.77. The molecule has 144 valence electrons. The van der Waals surface area contributed by atoms with Gasteiger partial charge < -0.3 is 10.2 Å². The lowest BCUT2D eigenvalue weighted by Crippen LogP contribution is -2.38. The molecule has 0 saturated carbocycles. The van der Waals surface area contributed by atoms with Crippen LogP contribution in [0, 0.1) is 11.3 Å². The molecule has 0 bridgehead atoms. The Bertz CT molecular complexity index is 1060. The summed E-state index contributed by atoms with van der Waals surface area (Å²) in [5, 5.41) is 11.5. The Morgan fingerprint density at radius 2 is 1.96 bits per heavy atom. The van der Waals surface area contributed by atoms with Crippen molar-refractivity contribution in [3.05, 3.63) is 59.4 Å². The van der Waals surface area contributed by atoms with Gasteiger partial charge >= 0.3 is 0 Å². The second-order valence-corrected chi connectivity index (χ2v) is 8.77. The highest BCUT2D eigenvalue weighted by molar-refractivity contribution is 7.91. The Labute approximate surface area is 162 Å². The summed E-state index contributed by atoms with van der Waals surface area (Å²) in [4.78, 5) is 30.5.